The first-order valence-electron chi connectivity index (χ1n) is 8.42. The average Bonchev–Trinajstić information content (AvgIpc) is 2.88. The third-order valence-electron chi connectivity index (χ3n) is 4.16. The lowest BCUT2D eigenvalue weighted by Gasteiger charge is -2.11. The van der Waals surface area contributed by atoms with Crippen LogP contribution in [0.15, 0.2) is 24.3 Å². The molecule has 10 heteroatoms. The van der Waals surface area contributed by atoms with Gasteiger partial charge in [-0.3, -0.25) is 14.8 Å². The van der Waals surface area contributed by atoms with Gasteiger partial charge in [-0.2, -0.15) is 20.1 Å². The number of hydrogen-bond donors (Lipinski definition) is 2. The minimum Gasteiger partial charge on any atom is -0.368 e. The van der Waals surface area contributed by atoms with Crippen molar-refractivity contribution in [3.8, 4) is 0 Å². The van der Waals surface area contributed by atoms with Crippen molar-refractivity contribution in [2.45, 2.75) is 33.7 Å². The summed E-state index contributed by atoms with van der Waals surface area (Å²) in [5.41, 5.74) is 8.59. The van der Waals surface area contributed by atoms with Crippen molar-refractivity contribution >= 4 is 23.3 Å². The Morgan fingerprint density at radius 1 is 1.22 bits per heavy atom. The zero-order valence-corrected chi connectivity index (χ0v) is 15.3. The lowest BCUT2D eigenvalue weighted by Crippen LogP contribution is -2.12. The fourth-order valence-corrected chi connectivity index (χ4v) is 2.88. The Morgan fingerprint density at radius 2 is 1.96 bits per heavy atom. The predicted molar refractivity (Wildman–Crippen MR) is 101 cm³/mol. The number of nitrogens with one attached hydrogen (secondary N) is 1. The van der Waals surface area contributed by atoms with E-state index in [2.05, 4.69) is 32.3 Å². The minimum absolute atomic E-state index is 0.00718. The van der Waals surface area contributed by atoms with Gasteiger partial charge in [-0.1, -0.05) is 25.1 Å². The predicted octanol–water partition coefficient (Wildman–Crippen LogP) is 2.53. The summed E-state index contributed by atoms with van der Waals surface area (Å²) in [6.07, 6.45) is 0.853. The molecule has 1 aromatic carbocycles. The first-order chi connectivity index (χ1) is 12.9. The van der Waals surface area contributed by atoms with Crippen molar-refractivity contribution in [1.82, 2.24) is 24.7 Å². The van der Waals surface area contributed by atoms with E-state index >= 15 is 0 Å². The largest absolute Gasteiger partial charge is 0.368 e. The number of aryl methyl sites for hydroxylation is 2. The number of nitrogen functional groups attached to an aromatic ring is 1. The third-order valence-corrected chi connectivity index (χ3v) is 4.16. The van der Waals surface area contributed by atoms with E-state index in [0.29, 0.717) is 23.2 Å². The molecule has 0 spiro atoms. The van der Waals surface area contributed by atoms with Crippen LogP contribution in [0.2, 0.25) is 0 Å². The van der Waals surface area contributed by atoms with Crippen molar-refractivity contribution in [3.05, 3.63) is 57.2 Å². The number of rotatable bonds is 6. The van der Waals surface area contributed by atoms with Crippen LogP contribution in [-0.2, 0) is 13.0 Å². The van der Waals surface area contributed by atoms with Crippen molar-refractivity contribution in [3.63, 3.8) is 0 Å². The van der Waals surface area contributed by atoms with E-state index < -0.39 is 4.92 Å². The number of nitrogens with zero attached hydrogens (tertiary/aromatic N) is 6. The van der Waals surface area contributed by atoms with Crippen LogP contribution in [0.4, 0.5) is 23.3 Å². The molecule has 0 aliphatic carbocycles. The monoisotopic (exact) mass is 368 g/mol. The van der Waals surface area contributed by atoms with Gasteiger partial charge in [0.05, 0.1) is 4.92 Å². The van der Waals surface area contributed by atoms with E-state index in [1.165, 1.54) is 4.68 Å². The summed E-state index contributed by atoms with van der Waals surface area (Å²) < 4.78 is 1.49. The molecule has 140 valence electrons. The van der Waals surface area contributed by atoms with Crippen molar-refractivity contribution in [1.29, 1.82) is 0 Å². The van der Waals surface area contributed by atoms with E-state index in [1.54, 1.807) is 13.8 Å². The Bertz CT molecular complexity index is 999. The molecule has 3 N–H and O–H groups in total. The van der Waals surface area contributed by atoms with Gasteiger partial charge in [0.15, 0.2) is 5.82 Å². The maximum Gasteiger partial charge on any atom is 0.312 e. The molecule has 0 saturated heterocycles. The van der Waals surface area contributed by atoms with Crippen LogP contribution >= 0.6 is 0 Å². The first kappa shape index (κ1) is 18.2. The van der Waals surface area contributed by atoms with Gasteiger partial charge in [-0.25, -0.2) is 0 Å². The Balaban J connectivity index is 1.90. The Labute approximate surface area is 155 Å². The molecule has 0 amide bonds. The molecule has 2 heterocycles. The first-order valence-corrected chi connectivity index (χ1v) is 8.42. The van der Waals surface area contributed by atoms with Gasteiger partial charge >= 0.3 is 5.69 Å². The van der Waals surface area contributed by atoms with Gasteiger partial charge in [-0.05, 0) is 31.9 Å². The second kappa shape index (κ2) is 7.36. The van der Waals surface area contributed by atoms with E-state index in [4.69, 9.17) is 5.73 Å². The second-order valence-electron chi connectivity index (χ2n) is 6.00. The van der Waals surface area contributed by atoms with Crippen LogP contribution in [0.3, 0.4) is 0 Å². The van der Waals surface area contributed by atoms with E-state index in [-0.39, 0.29) is 18.2 Å². The quantitative estimate of drug-likeness (QED) is 0.500. The number of anilines is 3. The van der Waals surface area contributed by atoms with Gasteiger partial charge in [-0.15, -0.1) is 0 Å². The van der Waals surface area contributed by atoms with Gasteiger partial charge in [0.25, 0.3) is 0 Å². The maximum atomic E-state index is 11.2. The molecule has 0 radical (unpaired) electrons. The van der Waals surface area contributed by atoms with Crippen LogP contribution in [0.1, 0.15) is 29.7 Å². The molecule has 27 heavy (non-hydrogen) atoms. The topological polar surface area (TPSA) is 138 Å². The third kappa shape index (κ3) is 3.84. The fourth-order valence-electron chi connectivity index (χ4n) is 2.88. The van der Waals surface area contributed by atoms with Crippen LogP contribution in [0.5, 0.6) is 0 Å². The van der Waals surface area contributed by atoms with Crippen LogP contribution in [0.25, 0.3) is 0 Å². The zero-order valence-electron chi connectivity index (χ0n) is 15.3. The molecular weight excluding hydrogens is 348 g/mol. The molecule has 3 aromatic rings. The Hall–Kier alpha value is -3.56. The van der Waals surface area contributed by atoms with Gasteiger partial charge in [0, 0.05) is 5.69 Å². The van der Waals surface area contributed by atoms with Crippen LogP contribution in [-0.4, -0.2) is 29.7 Å². The highest BCUT2D eigenvalue weighted by Gasteiger charge is 2.22. The fraction of sp³-hybridized carbons (Fsp3) is 0.294. The van der Waals surface area contributed by atoms with Gasteiger partial charge in [0.2, 0.25) is 11.9 Å². The van der Waals surface area contributed by atoms with Gasteiger partial charge in [0.1, 0.15) is 17.9 Å². The molecule has 3 rings (SSSR count). The summed E-state index contributed by atoms with van der Waals surface area (Å²) in [5, 5.41) is 18.5. The highest BCUT2D eigenvalue weighted by molar-refractivity contribution is 5.58. The molecule has 10 nitrogen and oxygen atoms in total. The lowest BCUT2D eigenvalue weighted by molar-refractivity contribution is -0.386. The molecule has 0 aliphatic heterocycles. The second-order valence-corrected chi connectivity index (χ2v) is 6.00. The lowest BCUT2D eigenvalue weighted by atomic mass is 10.1. The number of nitro groups is 1. The molecule has 0 bridgehead atoms. The number of hydrogen-bond acceptors (Lipinski definition) is 8. The van der Waals surface area contributed by atoms with Crippen LogP contribution in [0, 0.1) is 24.0 Å². The summed E-state index contributed by atoms with van der Waals surface area (Å²) in [6.45, 7) is 5.44. The Morgan fingerprint density at radius 3 is 2.63 bits per heavy atom. The standard InChI is InChI=1S/C17H20N8O2/c1-4-12-7-5-6-8-13(12)19-17-21-14(20-16(18)22-17)9-24-11(3)15(25(26)27)10(2)23-24/h5-8H,4,9H2,1-3H3,(H3,18,19,20,21,22). The summed E-state index contributed by atoms with van der Waals surface area (Å²) in [6, 6.07) is 7.83. The summed E-state index contributed by atoms with van der Waals surface area (Å²) in [4.78, 5) is 23.4. The minimum atomic E-state index is -0.440. The summed E-state index contributed by atoms with van der Waals surface area (Å²) in [7, 11) is 0. The van der Waals surface area contributed by atoms with E-state index in [0.717, 1.165) is 17.7 Å². The van der Waals surface area contributed by atoms with Gasteiger partial charge < -0.3 is 11.1 Å². The summed E-state index contributed by atoms with van der Waals surface area (Å²) >= 11 is 0. The SMILES string of the molecule is CCc1ccccc1Nc1nc(N)nc(Cn2nc(C)c([N+](=O)[O-])c2C)n1. The Kier molecular flexibility index (Phi) is 4.97. The molecule has 0 fully saturated rings. The van der Waals surface area contributed by atoms with Crippen LogP contribution < -0.4 is 11.1 Å². The molecule has 0 aliphatic rings. The average molecular weight is 368 g/mol. The van der Waals surface area contributed by atoms with Crippen molar-refractivity contribution in [2.75, 3.05) is 11.1 Å². The number of aromatic nitrogens is 5. The smallest absolute Gasteiger partial charge is 0.312 e. The summed E-state index contributed by atoms with van der Waals surface area (Å²) in [5.74, 6) is 0.737. The molecule has 0 atom stereocenters. The molecule has 2 aromatic heterocycles. The highest BCUT2D eigenvalue weighted by Crippen LogP contribution is 2.23. The number of nitrogens with two attached hydrogens (primary N) is 1. The van der Waals surface area contributed by atoms with Crippen molar-refractivity contribution < 1.29 is 4.92 Å². The zero-order chi connectivity index (χ0) is 19.6. The molecule has 0 unspecified atom stereocenters. The highest BCUT2D eigenvalue weighted by atomic mass is 16.6. The maximum absolute atomic E-state index is 11.2. The molecule has 0 saturated carbocycles. The van der Waals surface area contributed by atoms with Crippen molar-refractivity contribution in [2.24, 2.45) is 0 Å². The van der Waals surface area contributed by atoms with E-state index in [9.17, 15) is 10.1 Å². The molecular formula is C17H20N8O2. The number of benzene rings is 1. The van der Waals surface area contributed by atoms with E-state index in [1.807, 2.05) is 24.3 Å². The normalized spacial score (nSPS) is 10.8. The number of para-hydroxylation sites is 1.